The van der Waals surface area contributed by atoms with Crippen LogP contribution in [-0.4, -0.2) is 43.8 Å². The van der Waals surface area contributed by atoms with Crippen molar-refractivity contribution in [2.75, 3.05) is 13.1 Å². The van der Waals surface area contributed by atoms with Gasteiger partial charge in [-0.1, -0.05) is 5.16 Å². The van der Waals surface area contributed by atoms with Crippen molar-refractivity contribution in [2.45, 2.75) is 31.9 Å². The van der Waals surface area contributed by atoms with E-state index < -0.39 is 11.7 Å². The summed E-state index contributed by atoms with van der Waals surface area (Å²) in [6.07, 6.45) is -1.62. The summed E-state index contributed by atoms with van der Waals surface area (Å²) in [5, 5.41) is 7.91. The highest BCUT2D eigenvalue weighted by Crippen LogP contribution is 2.40. The van der Waals surface area contributed by atoms with Gasteiger partial charge in [0.25, 0.3) is 11.6 Å². The molecule has 3 aromatic heterocycles. The lowest BCUT2D eigenvalue weighted by molar-refractivity contribution is -0.136. The molecule has 0 bridgehead atoms. The quantitative estimate of drug-likeness (QED) is 0.668. The number of hydrogen-bond donors (Lipinski definition) is 0. The van der Waals surface area contributed by atoms with Gasteiger partial charge in [0.2, 0.25) is 0 Å². The van der Waals surface area contributed by atoms with E-state index in [2.05, 4.69) is 15.2 Å². The van der Waals surface area contributed by atoms with Crippen molar-refractivity contribution >= 4 is 17.0 Å². The number of carbonyl (C=O) groups excluding carboxylic acids is 1. The first-order valence-corrected chi connectivity index (χ1v) is 8.87. The first kappa shape index (κ1) is 18.5. The Balaban J connectivity index is 1.69. The monoisotopic (exact) mass is 393 g/mol. The summed E-state index contributed by atoms with van der Waals surface area (Å²) in [7, 11) is 1.71. The summed E-state index contributed by atoms with van der Waals surface area (Å²) >= 11 is 0. The molecular formula is C18H18F3N5O2. The number of rotatable bonds is 2. The Morgan fingerprint density at radius 1 is 1.36 bits per heavy atom. The molecule has 1 aliphatic heterocycles. The lowest BCUT2D eigenvalue weighted by Gasteiger charge is -2.31. The highest BCUT2D eigenvalue weighted by atomic mass is 19.4. The molecule has 0 N–H and O–H groups in total. The molecule has 0 spiro atoms. The number of fused-ring (bicyclic) bond motifs is 1. The second-order valence-corrected chi connectivity index (χ2v) is 7.02. The maximum atomic E-state index is 13.6. The zero-order valence-corrected chi connectivity index (χ0v) is 15.3. The standard InChI is InChI=1S/C18H18F3N5O2/c1-10-8-12(18(19,20)21)14-15(24-28-16(14)22-10)11-4-3-6-26(9-11)17(27)13-5-7-25(2)23-13/h5,7-8,11H,3-4,6,9H2,1-2H3/t11-/m1/s1. The molecule has 1 fully saturated rings. The van der Waals surface area contributed by atoms with Crippen LogP contribution >= 0.6 is 0 Å². The third kappa shape index (κ3) is 3.23. The predicted octanol–water partition coefficient (Wildman–Crippen LogP) is 3.30. The average molecular weight is 393 g/mol. The van der Waals surface area contributed by atoms with E-state index in [1.807, 2.05) is 0 Å². The summed E-state index contributed by atoms with van der Waals surface area (Å²) in [5.74, 6) is -0.614. The van der Waals surface area contributed by atoms with E-state index in [0.29, 0.717) is 25.1 Å². The summed E-state index contributed by atoms with van der Waals surface area (Å²) in [5.41, 5.74) is -0.220. The zero-order valence-electron chi connectivity index (χ0n) is 15.3. The third-order valence-corrected chi connectivity index (χ3v) is 4.93. The average Bonchev–Trinajstić information content (AvgIpc) is 3.26. The minimum absolute atomic E-state index is 0.116. The number of likely N-dealkylation sites (tertiary alicyclic amines) is 1. The Labute approximate surface area is 158 Å². The molecule has 1 atom stereocenters. The number of aryl methyl sites for hydroxylation is 2. The maximum absolute atomic E-state index is 13.6. The van der Waals surface area contributed by atoms with Gasteiger partial charge in [0.1, 0.15) is 5.69 Å². The smallest absolute Gasteiger partial charge is 0.337 e. The number of alkyl halides is 3. The number of piperidine rings is 1. The lowest BCUT2D eigenvalue weighted by atomic mass is 9.91. The van der Waals surface area contributed by atoms with Crippen LogP contribution in [0.25, 0.3) is 11.1 Å². The Hall–Kier alpha value is -2.91. The molecule has 0 saturated carbocycles. The van der Waals surface area contributed by atoms with Gasteiger partial charge < -0.3 is 9.42 Å². The van der Waals surface area contributed by atoms with E-state index in [9.17, 15) is 18.0 Å². The van der Waals surface area contributed by atoms with Crippen LogP contribution in [0.2, 0.25) is 0 Å². The largest absolute Gasteiger partial charge is 0.417 e. The van der Waals surface area contributed by atoms with Gasteiger partial charge in [-0.2, -0.15) is 18.3 Å². The number of nitrogens with zero attached hydrogens (tertiary/aromatic N) is 5. The van der Waals surface area contributed by atoms with E-state index in [-0.39, 0.29) is 40.9 Å². The van der Waals surface area contributed by atoms with Gasteiger partial charge in [-0.3, -0.25) is 9.48 Å². The van der Waals surface area contributed by atoms with Crippen molar-refractivity contribution < 1.29 is 22.5 Å². The van der Waals surface area contributed by atoms with Gasteiger partial charge in [-0.05, 0) is 31.9 Å². The lowest BCUT2D eigenvalue weighted by Crippen LogP contribution is -2.39. The molecule has 4 heterocycles. The number of amides is 1. The highest BCUT2D eigenvalue weighted by molar-refractivity contribution is 5.92. The second-order valence-electron chi connectivity index (χ2n) is 7.02. The first-order valence-electron chi connectivity index (χ1n) is 8.87. The molecule has 0 unspecified atom stereocenters. The molecular weight excluding hydrogens is 375 g/mol. The van der Waals surface area contributed by atoms with Crippen molar-refractivity contribution in [3.63, 3.8) is 0 Å². The van der Waals surface area contributed by atoms with E-state index in [4.69, 9.17) is 4.52 Å². The third-order valence-electron chi connectivity index (χ3n) is 4.93. The van der Waals surface area contributed by atoms with Crippen molar-refractivity contribution in [2.24, 2.45) is 7.05 Å². The number of halogens is 3. The van der Waals surface area contributed by atoms with Crippen LogP contribution in [0.1, 0.15) is 46.2 Å². The Bertz CT molecular complexity index is 1040. The molecule has 10 heteroatoms. The Kier molecular flexibility index (Phi) is 4.35. The number of hydrogen-bond acceptors (Lipinski definition) is 5. The second kappa shape index (κ2) is 6.61. The molecule has 0 radical (unpaired) electrons. The van der Waals surface area contributed by atoms with E-state index in [0.717, 1.165) is 6.07 Å². The molecule has 0 aromatic carbocycles. The maximum Gasteiger partial charge on any atom is 0.417 e. The summed E-state index contributed by atoms with van der Waals surface area (Å²) in [6, 6.07) is 2.62. The van der Waals surface area contributed by atoms with Crippen molar-refractivity contribution in [1.29, 1.82) is 0 Å². The molecule has 28 heavy (non-hydrogen) atoms. The summed E-state index contributed by atoms with van der Waals surface area (Å²) in [6.45, 7) is 2.25. The highest BCUT2D eigenvalue weighted by Gasteiger charge is 2.38. The van der Waals surface area contributed by atoms with E-state index in [1.54, 1.807) is 24.2 Å². The molecule has 1 aliphatic rings. The molecule has 7 nitrogen and oxygen atoms in total. The van der Waals surface area contributed by atoms with Crippen LogP contribution in [-0.2, 0) is 13.2 Å². The molecule has 1 amide bonds. The molecule has 0 aliphatic carbocycles. The van der Waals surface area contributed by atoms with Crippen molar-refractivity contribution in [3.05, 3.63) is 41.0 Å². The van der Waals surface area contributed by atoms with Gasteiger partial charge in [0.15, 0.2) is 0 Å². The SMILES string of the molecule is Cc1cc(C(F)(F)F)c2c([C@@H]3CCCN(C(=O)c4ccn(C)n4)C3)noc2n1. The van der Waals surface area contributed by atoms with Crippen LogP contribution in [0, 0.1) is 6.92 Å². The summed E-state index contributed by atoms with van der Waals surface area (Å²) in [4.78, 5) is 18.3. The van der Waals surface area contributed by atoms with Crippen LogP contribution in [0.4, 0.5) is 13.2 Å². The molecule has 4 rings (SSSR count). The van der Waals surface area contributed by atoms with Gasteiger partial charge in [0, 0.05) is 37.9 Å². The van der Waals surface area contributed by atoms with E-state index >= 15 is 0 Å². The first-order chi connectivity index (χ1) is 13.2. The van der Waals surface area contributed by atoms with Crippen LogP contribution in [0.3, 0.4) is 0 Å². The van der Waals surface area contributed by atoms with Gasteiger partial charge in [0.05, 0.1) is 16.6 Å². The van der Waals surface area contributed by atoms with Crippen LogP contribution in [0.5, 0.6) is 0 Å². The van der Waals surface area contributed by atoms with Gasteiger partial charge >= 0.3 is 6.18 Å². The van der Waals surface area contributed by atoms with Crippen LogP contribution < -0.4 is 0 Å². The Morgan fingerprint density at radius 3 is 2.82 bits per heavy atom. The van der Waals surface area contributed by atoms with Gasteiger partial charge in [-0.15, -0.1) is 0 Å². The number of carbonyl (C=O) groups is 1. The number of aromatic nitrogens is 4. The fourth-order valence-electron chi connectivity index (χ4n) is 3.67. The minimum atomic E-state index is -4.55. The minimum Gasteiger partial charge on any atom is -0.337 e. The predicted molar refractivity (Wildman–Crippen MR) is 92.6 cm³/mol. The van der Waals surface area contributed by atoms with Crippen LogP contribution in [0.15, 0.2) is 22.9 Å². The normalized spacial score (nSPS) is 18.0. The van der Waals surface area contributed by atoms with Gasteiger partial charge in [-0.25, -0.2) is 4.98 Å². The fourth-order valence-corrected chi connectivity index (χ4v) is 3.67. The zero-order chi connectivity index (χ0) is 20.1. The molecule has 3 aromatic rings. The van der Waals surface area contributed by atoms with E-state index in [1.165, 1.54) is 11.6 Å². The molecule has 148 valence electrons. The van der Waals surface area contributed by atoms with Crippen molar-refractivity contribution in [3.8, 4) is 0 Å². The van der Waals surface area contributed by atoms with Crippen molar-refractivity contribution in [1.82, 2.24) is 24.8 Å². The topological polar surface area (TPSA) is 77.0 Å². The number of pyridine rings is 1. The Morgan fingerprint density at radius 2 is 2.14 bits per heavy atom. The fraction of sp³-hybridized carbons (Fsp3) is 0.444. The summed E-state index contributed by atoms with van der Waals surface area (Å²) < 4.78 is 47.4. The molecule has 1 saturated heterocycles.